The van der Waals surface area contributed by atoms with Gasteiger partial charge in [-0.15, -0.1) is 0 Å². The largest absolute Gasteiger partial charge is 1.00 e. The Morgan fingerprint density at radius 1 is 0.710 bits per heavy atom. The minimum Gasteiger partial charge on any atom is -0.545 e. The van der Waals surface area contributed by atoms with Crippen molar-refractivity contribution in [3.05, 3.63) is 29.3 Å². The van der Waals surface area contributed by atoms with Crippen LogP contribution >= 0.6 is 0 Å². The van der Waals surface area contributed by atoms with Crippen LogP contribution in [0.4, 0.5) is 0 Å². The van der Waals surface area contributed by atoms with Gasteiger partial charge in [0.25, 0.3) is 0 Å². The number of carboxylic acids is 2. The molecule has 1 aromatic carbocycles. The molecule has 0 fully saturated rings. The van der Waals surface area contributed by atoms with Crippen LogP contribution in [0, 0.1) is 0 Å². The third kappa shape index (κ3) is 17.1. The van der Waals surface area contributed by atoms with E-state index >= 15 is 0 Å². The summed E-state index contributed by atoms with van der Waals surface area (Å²) < 4.78 is 6.56. The minimum atomic E-state index is -1.44. The van der Waals surface area contributed by atoms with E-state index in [2.05, 4.69) is 21.1 Å². The quantitative estimate of drug-likeness (QED) is 0.147. The van der Waals surface area contributed by atoms with Crippen LogP contribution in [0.5, 0.6) is 5.75 Å². The van der Waals surface area contributed by atoms with Crippen molar-refractivity contribution in [1.29, 1.82) is 0 Å². The fourth-order valence-corrected chi connectivity index (χ4v) is 3.21. The zero-order valence-corrected chi connectivity index (χ0v) is 24.2. The van der Waals surface area contributed by atoms with Crippen molar-refractivity contribution in [2.75, 3.05) is 34.3 Å². The Morgan fingerprint density at radius 2 is 1.10 bits per heavy atom. The zero-order chi connectivity index (χ0) is 21.7. The van der Waals surface area contributed by atoms with E-state index in [9.17, 15) is 19.8 Å². The topological polar surface area (TPSA) is 89.5 Å². The number of ether oxygens (including phenoxy) is 1. The van der Waals surface area contributed by atoms with Gasteiger partial charge < -0.3 is 29.0 Å². The molecule has 0 aromatic heterocycles. The van der Waals surface area contributed by atoms with E-state index in [1.807, 2.05) is 0 Å². The number of hydrogen-bond donors (Lipinski definition) is 0. The molecule has 0 N–H and O–H groups in total. The van der Waals surface area contributed by atoms with Crippen molar-refractivity contribution >= 4 is 11.9 Å². The van der Waals surface area contributed by atoms with Crippen LogP contribution in [0.15, 0.2) is 18.2 Å². The van der Waals surface area contributed by atoms with Crippen LogP contribution in [0.2, 0.25) is 0 Å². The molecule has 31 heavy (non-hydrogen) atoms. The molecule has 0 saturated heterocycles. The van der Waals surface area contributed by atoms with Crippen molar-refractivity contribution in [2.24, 2.45) is 0 Å². The summed E-state index contributed by atoms with van der Waals surface area (Å²) in [7, 11) is 6.71. The maximum Gasteiger partial charge on any atom is 1.00 e. The number of unbranched alkanes of at least 4 members (excludes halogenated alkanes) is 9. The second-order valence-corrected chi connectivity index (χ2v) is 8.72. The maximum absolute atomic E-state index is 11.0. The number of carboxylic acid groups (broad SMARTS) is 2. The second kappa shape index (κ2) is 18.4. The Kier molecular flexibility index (Phi) is 19.6. The molecule has 1 aromatic rings. The van der Waals surface area contributed by atoms with Gasteiger partial charge in [0.15, 0.2) is 0 Å². The van der Waals surface area contributed by atoms with E-state index in [0.29, 0.717) is 6.61 Å². The van der Waals surface area contributed by atoms with Gasteiger partial charge >= 0.3 is 59.1 Å². The molecule has 0 aliphatic heterocycles. The summed E-state index contributed by atoms with van der Waals surface area (Å²) in [6.07, 6.45) is 12.1. The van der Waals surface area contributed by atoms with E-state index < -0.39 is 11.9 Å². The minimum absolute atomic E-state index is 0. The van der Waals surface area contributed by atoms with E-state index in [1.165, 1.54) is 63.6 Å². The summed E-state index contributed by atoms with van der Waals surface area (Å²) in [4.78, 5) is 21.9. The van der Waals surface area contributed by atoms with Crippen molar-refractivity contribution in [1.82, 2.24) is 0 Å². The van der Waals surface area contributed by atoms with Gasteiger partial charge in [-0.25, -0.2) is 0 Å². The predicted molar refractivity (Wildman–Crippen MR) is 110 cm³/mol. The number of benzene rings is 1. The molecule has 0 saturated carbocycles. The molecular weight excluding hydrogens is 416 g/mol. The zero-order valence-electron chi connectivity index (χ0n) is 20.2. The van der Waals surface area contributed by atoms with E-state index in [-0.39, 0.29) is 76.0 Å². The Hall–Kier alpha value is -0.0800. The van der Waals surface area contributed by atoms with Crippen LogP contribution in [0.1, 0.15) is 84.9 Å². The number of carbonyl (C=O) groups excluding carboxylic acids is 2. The van der Waals surface area contributed by atoms with E-state index in [0.717, 1.165) is 29.8 Å². The molecule has 0 spiro atoms. The fourth-order valence-electron chi connectivity index (χ4n) is 3.21. The van der Waals surface area contributed by atoms with Gasteiger partial charge in [0.2, 0.25) is 0 Å². The number of carbonyl (C=O) groups is 2. The average Bonchev–Trinajstić information content (AvgIpc) is 2.64. The Bertz CT molecular complexity index is 615. The Labute approximate surface area is 231 Å². The van der Waals surface area contributed by atoms with Gasteiger partial charge in [-0.3, -0.25) is 0 Å². The summed E-state index contributed by atoms with van der Waals surface area (Å²) in [5, 5.41) is 21.9. The third-order valence-corrected chi connectivity index (χ3v) is 4.87. The molecular formula is C23H36NNa2O5+. The fraction of sp³-hybridized carbons (Fsp3) is 0.652. The van der Waals surface area contributed by atoms with Crippen LogP contribution < -0.4 is 74.1 Å². The number of rotatable bonds is 16. The Balaban J connectivity index is 0. The smallest absolute Gasteiger partial charge is 0.545 e. The van der Waals surface area contributed by atoms with Crippen molar-refractivity contribution < 1.29 is 88.1 Å². The summed E-state index contributed by atoms with van der Waals surface area (Å²) in [5.74, 6) is -2.66. The summed E-state index contributed by atoms with van der Waals surface area (Å²) in [6, 6.07) is 3.58. The third-order valence-electron chi connectivity index (χ3n) is 4.87. The molecule has 1 rings (SSSR count). The van der Waals surface area contributed by atoms with Crippen LogP contribution in [0.25, 0.3) is 0 Å². The van der Waals surface area contributed by atoms with Gasteiger partial charge in [0, 0.05) is 11.1 Å². The number of quaternary nitrogens is 1. The summed E-state index contributed by atoms with van der Waals surface area (Å²) >= 11 is 0. The van der Waals surface area contributed by atoms with Gasteiger partial charge in [0.1, 0.15) is 5.75 Å². The maximum atomic E-state index is 11.0. The molecule has 0 atom stereocenters. The first-order chi connectivity index (χ1) is 13.7. The van der Waals surface area contributed by atoms with Crippen LogP contribution in [0.3, 0.4) is 0 Å². The van der Waals surface area contributed by atoms with Crippen molar-refractivity contribution in [2.45, 2.75) is 64.2 Å². The van der Waals surface area contributed by atoms with Crippen LogP contribution in [-0.4, -0.2) is 50.7 Å². The molecule has 0 unspecified atom stereocenters. The van der Waals surface area contributed by atoms with E-state index in [4.69, 9.17) is 4.74 Å². The molecule has 0 radical (unpaired) electrons. The normalized spacial score (nSPS) is 10.7. The summed E-state index contributed by atoms with van der Waals surface area (Å²) in [5.41, 5.74) is -0.446. The molecule has 8 heteroatoms. The number of nitrogens with zero attached hydrogens (tertiary/aromatic N) is 1. The first kappa shape index (κ1) is 33.1. The molecule has 0 amide bonds. The SMILES string of the molecule is C[N+](C)(C)CCCCCCCCCCCCOc1cc(C(=O)[O-])cc(C(=O)[O-])c1.[Na+].[Na+]. The predicted octanol–water partition coefficient (Wildman–Crippen LogP) is -3.59. The standard InChI is InChI=1S/C23H37NO5.2Na/c1-24(2,3)14-12-10-8-6-4-5-7-9-11-13-15-29-21-17-19(22(25)26)16-20(18-21)23(27)28;;/h16-18H,4-15H2,1-3H3,(H-,25,26,27,28);;/q;2*+1/p-1. The molecule has 0 aliphatic carbocycles. The van der Waals surface area contributed by atoms with Gasteiger partial charge in [-0.1, -0.05) is 44.9 Å². The van der Waals surface area contributed by atoms with Crippen molar-refractivity contribution in [3.63, 3.8) is 0 Å². The second-order valence-electron chi connectivity index (χ2n) is 8.72. The Morgan fingerprint density at radius 3 is 1.48 bits per heavy atom. The molecule has 6 nitrogen and oxygen atoms in total. The van der Waals surface area contributed by atoms with E-state index in [1.54, 1.807) is 0 Å². The first-order valence-electron chi connectivity index (χ1n) is 10.7. The molecule has 0 heterocycles. The van der Waals surface area contributed by atoms with Crippen LogP contribution in [-0.2, 0) is 0 Å². The van der Waals surface area contributed by atoms with Gasteiger partial charge in [0.05, 0.1) is 46.2 Å². The van der Waals surface area contributed by atoms with Crippen molar-refractivity contribution in [3.8, 4) is 5.75 Å². The molecule has 0 bridgehead atoms. The molecule has 0 aliphatic rings. The summed E-state index contributed by atoms with van der Waals surface area (Å²) in [6.45, 7) is 1.67. The first-order valence-corrected chi connectivity index (χ1v) is 10.7. The van der Waals surface area contributed by atoms with Gasteiger partial charge in [-0.2, -0.15) is 0 Å². The average molecular weight is 453 g/mol. The van der Waals surface area contributed by atoms with Gasteiger partial charge in [-0.05, 0) is 37.5 Å². The number of aromatic carboxylic acids is 2. The number of hydrogen-bond acceptors (Lipinski definition) is 5. The monoisotopic (exact) mass is 452 g/mol. The molecule has 164 valence electrons.